The van der Waals surface area contributed by atoms with E-state index in [0.29, 0.717) is 17.3 Å². The zero-order valence-electron chi connectivity index (χ0n) is 14.0. The van der Waals surface area contributed by atoms with Crippen LogP contribution < -0.4 is 0 Å². The van der Waals surface area contributed by atoms with Crippen molar-refractivity contribution in [3.63, 3.8) is 0 Å². The second kappa shape index (κ2) is 7.44. The lowest BCUT2D eigenvalue weighted by molar-refractivity contribution is 0.0733. The highest BCUT2D eigenvalue weighted by Crippen LogP contribution is 2.18. The predicted octanol–water partition coefficient (Wildman–Crippen LogP) is 3.21. The first-order chi connectivity index (χ1) is 12.0. The summed E-state index contributed by atoms with van der Waals surface area (Å²) in [6.07, 6.45) is 3.36. The van der Waals surface area contributed by atoms with Crippen LogP contribution in [-0.2, 0) is 6.54 Å². The maximum Gasteiger partial charge on any atom is 0.276 e. The second-order valence-electron chi connectivity index (χ2n) is 5.78. The van der Waals surface area contributed by atoms with Crippen molar-refractivity contribution in [3.05, 3.63) is 76.8 Å². The summed E-state index contributed by atoms with van der Waals surface area (Å²) in [6, 6.07) is 13.0. The number of carbonyl (C=O) groups is 1. The summed E-state index contributed by atoms with van der Waals surface area (Å²) in [5.41, 5.74) is 2.11. The van der Waals surface area contributed by atoms with Gasteiger partial charge in [0.2, 0.25) is 0 Å². The van der Waals surface area contributed by atoms with Crippen molar-refractivity contribution in [1.29, 1.82) is 0 Å². The number of halogens is 1. The van der Waals surface area contributed by atoms with Gasteiger partial charge in [0, 0.05) is 18.3 Å². The van der Waals surface area contributed by atoms with E-state index in [9.17, 15) is 4.79 Å². The zero-order valence-corrected chi connectivity index (χ0v) is 14.8. The van der Waals surface area contributed by atoms with Gasteiger partial charge in [-0.2, -0.15) is 0 Å². The zero-order chi connectivity index (χ0) is 17.8. The molecule has 0 fully saturated rings. The number of hydrogen-bond acceptors (Lipinski definition) is 4. The Bertz CT molecular complexity index is 865. The van der Waals surface area contributed by atoms with Crippen LogP contribution in [0.1, 0.15) is 34.7 Å². The lowest BCUT2D eigenvalue weighted by Crippen LogP contribution is -2.30. The molecule has 0 aliphatic heterocycles. The van der Waals surface area contributed by atoms with E-state index in [-0.39, 0.29) is 11.9 Å². The molecule has 0 N–H and O–H groups in total. The minimum absolute atomic E-state index is 0.160. The van der Waals surface area contributed by atoms with E-state index in [1.165, 1.54) is 0 Å². The molecule has 0 saturated heterocycles. The van der Waals surface area contributed by atoms with Crippen molar-refractivity contribution >= 4 is 17.5 Å². The fourth-order valence-electron chi connectivity index (χ4n) is 2.47. The highest BCUT2D eigenvalue weighted by Gasteiger charge is 2.22. The van der Waals surface area contributed by atoms with E-state index in [0.717, 1.165) is 11.3 Å². The number of aromatic nitrogens is 4. The largest absolute Gasteiger partial charge is 0.332 e. The summed E-state index contributed by atoms with van der Waals surface area (Å²) in [5, 5.41) is 8.70. The lowest BCUT2D eigenvalue weighted by atomic mass is 10.2. The van der Waals surface area contributed by atoms with Crippen LogP contribution in [0.5, 0.6) is 0 Å². The third-order valence-corrected chi connectivity index (χ3v) is 4.24. The van der Waals surface area contributed by atoms with Gasteiger partial charge in [-0.1, -0.05) is 35.0 Å². The molecule has 3 rings (SSSR count). The highest BCUT2D eigenvalue weighted by atomic mass is 35.5. The van der Waals surface area contributed by atoms with E-state index >= 15 is 0 Å². The number of benzene rings is 1. The minimum atomic E-state index is -0.199. The Labute approximate surface area is 151 Å². The van der Waals surface area contributed by atoms with Gasteiger partial charge in [-0.3, -0.25) is 9.78 Å². The Hall–Kier alpha value is -2.73. The lowest BCUT2D eigenvalue weighted by Gasteiger charge is -2.23. The van der Waals surface area contributed by atoms with Crippen molar-refractivity contribution in [2.24, 2.45) is 0 Å². The molecule has 0 unspecified atom stereocenters. The van der Waals surface area contributed by atoms with Gasteiger partial charge in [0.25, 0.3) is 5.91 Å². The SMILES string of the molecule is C[C@@H](c1ccccn1)N(C)C(=O)c1cn(Cc2cccc(Cl)c2)nn1. The number of carbonyl (C=O) groups excluding carboxylic acids is 1. The summed E-state index contributed by atoms with van der Waals surface area (Å²) in [5.74, 6) is -0.199. The van der Waals surface area contributed by atoms with E-state index in [1.807, 2.05) is 49.4 Å². The molecule has 128 valence electrons. The Morgan fingerprint density at radius 2 is 2.12 bits per heavy atom. The van der Waals surface area contributed by atoms with Gasteiger partial charge in [-0.15, -0.1) is 5.10 Å². The molecule has 2 aromatic heterocycles. The van der Waals surface area contributed by atoms with Gasteiger partial charge in [-0.05, 0) is 36.8 Å². The molecule has 7 heteroatoms. The van der Waals surface area contributed by atoms with Crippen molar-refractivity contribution in [1.82, 2.24) is 24.9 Å². The minimum Gasteiger partial charge on any atom is -0.332 e. The Morgan fingerprint density at radius 3 is 2.84 bits per heavy atom. The monoisotopic (exact) mass is 355 g/mol. The van der Waals surface area contributed by atoms with Gasteiger partial charge >= 0.3 is 0 Å². The second-order valence-corrected chi connectivity index (χ2v) is 6.21. The van der Waals surface area contributed by atoms with Crippen LogP contribution in [0.15, 0.2) is 54.9 Å². The summed E-state index contributed by atoms with van der Waals surface area (Å²) in [4.78, 5) is 18.5. The topological polar surface area (TPSA) is 63.9 Å². The summed E-state index contributed by atoms with van der Waals surface area (Å²) in [7, 11) is 1.73. The average molecular weight is 356 g/mol. The molecule has 0 radical (unpaired) electrons. The van der Waals surface area contributed by atoms with Gasteiger partial charge < -0.3 is 4.90 Å². The summed E-state index contributed by atoms with van der Waals surface area (Å²) in [6.45, 7) is 2.43. The third kappa shape index (κ3) is 4.03. The number of hydrogen-bond donors (Lipinski definition) is 0. The summed E-state index contributed by atoms with van der Waals surface area (Å²) >= 11 is 5.99. The maximum absolute atomic E-state index is 12.6. The van der Waals surface area contributed by atoms with E-state index in [4.69, 9.17) is 11.6 Å². The average Bonchev–Trinajstić information content (AvgIpc) is 3.09. The smallest absolute Gasteiger partial charge is 0.276 e. The number of pyridine rings is 1. The number of nitrogens with zero attached hydrogens (tertiary/aromatic N) is 5. The molecule has 3 aromatic rings. The summed E-state index contributed by atoms with van der Waals surface area (Å²) < 4.78 is 1.62. The van der Waals surface area contributed by atoms with Crippen LogP contribution in [0.4, 0.5) is 0 Å². The van der Waals surface area contributed by atoms with Crippen LogP contribution in [0.25, 0.3) is 0 Å². The maximum atomic E-state index is 12.6. The Balaban J connectivity index is 1.72. The highest BCUT2D eigenvalue weighted by molar-refractivity contribution is 6.30. The molecule has 0 aliphatic rings. The van der Waals surface area contributed by atoms with Crippen molar-refractivity contribution in [2.75, 3.05) is 7.05 Å². The molecule has 0 bridgehead atoms. The quantitative estimate of drug-likeness (QED) is 0.705. The molecule has 0 spiro atoms. The molecular weight excluding hydrogens is 338 g/mol. The van der Waals surface area contributed by atoms with Gasteiger partial charge in [0.15, 0.2) is 5.69 Å². The molecular formula is C18H18ClN5O. The fourth-order valence-corrected chi connectivity index (χ4v) is 2.69. The van der Waals surface area contributed by atoms with E-state index < -0.39 is 0 Å². The van der Waals surface area contributed by atoms with E-state index in [1.54, 1.807) is 29.0 Å². The van der Waals surface area contributed by atoms with E-state index in [2.05, 4.69) is 15.3 Å². The molecule has 0 saturated carbocycles. The van der Waals surface area contributed by atoms with Crippen LogP contribution >= 0.6 is 11.6 Å². The molecule has 1 atom stereocenters. The Morgan fingerprint density at radius 1 is 1.28 bits per heavy atom. The fraction of sp³-hybridized carbons (Fsp3) is 0.222. The van der Waals surface area contributed by atoms with Crippen LogP contribution in [0, 0.1) is 0 Å². The van der Waals surface area contributed by atoms with Crippen molar-refractivity contribution < 1.29 is 4.79 Å². The van der Waals surface area contributed by atoms with Gasteiger partial charge in [0.05, 0.1) is 24.5 Å². The van der Waals surface area contributed by atoms with Crippen molar-refractivity contribution in [3.8, 4) is 0 Å². The predicted molar refractivity (Wildman–Crippen MR) is 95.3 cm³/mol. The number of amides is 1. The van der Waals surface area contributed by atoms with Crippen molar-refractivity contribution in [2.45, 2.75) is 19.5 Å². The number of rotatable bonds is 5. The van der Waals surface area contributed by atoms with Gasteiger partial charge in [-0.25, -0.2) is 4.68 Å². The molecule has 25 heavy (non-hydrogen) atoms. The van der Waals surface area contributed by atoms with Gasteiger partial charge in [0.1, 0.15) is 0 Å². The molecule has 2 heterocycles. The molecule has 1 amide bonds. The first-order valence-corrected chi connectivity index (χ1v) is 8.25. The molecule has 1 aromatic carbocycles. The normalized spacial score (nSPS) is 12.0. The van der Waals surface area contributed by atoms with Crippen LogP contribution in [-0.4, -0.2) is 37.8 Å². The first kappa shape index (κ1) is 17.1. The molecule has 0 aliphatic carbocycles. The van der Waals surface area contributed by atoms with Crippen LogP contribution in [0.3, 0.4) is 0 Å². The Kier molecular flexibility index (Phi) is 5.09. The third-order valence-electron chi connectivity index (χ3n) is 4.01. The first-order valence-electron chi connectivity index (χ1n) is 7.87. The van der Waals surface area contributed by atoms with Crippen LogP contribution in [0.2, 0.25) is 5.02 Å². The standard InChI is InChI=1S/C18H18ClN5O/c1-13(16-8-3-4-9-20-16)23(2)18(25)17-12-24(22-21-17)11-14-6-5-7-15(19)10-14/h3-10,12-13H,11H2,1-2H3/t13-/m0/s1. The molecule has 6 nitrogen and oxygen atoms in total.